The second-order valence-corrected chi connectivity index (χ2v) is 9.59. The van der Waals surface area contributed by atoms with E-state index in [1.165, 1.54) is 6.20 Å². The first kappa shape index (κ1) is 27.5. The number of aliphatic hydroxyl groups is 3. The number of carbonyl (C=O) groups excluding carboxylic acids is 1. The van der Waals surface area contributed by atoms with Crippen LogP contribution in [0.25, 0.3) is 11.3 Å². The lowest BCUT2D eigenvalue weighted by molar-refractivity contribution is -0.123. The van der Waals surface area contributed by atoms with Crippen LogP contribution in [0.5, 0.6) is 5.75 Å². The SMILES string of the molecule is C[C@H]1C[C@@H](c2ccncc2NC(=O)c2ccc(F)c(-c3c(F)cc(OCCO)cc3F)n2)C[C@@H](O)[C@]1(C)O. The molecule has 1 aliphatic carbocycles. The van der Waals surface area contributed by atoms with Crippen molar-refractivity contribution in [3.05, 3.63) is 71.4 Å². The highest BCUT2D eigenvalue weighted by atomic mass is 19.1. The Hall–Kier alpha value is -3.54. The number of aromatic nitrogens is 2. The summed E-state index contributed by atoms with van der Waals surface area (Å²) in [5.74, 6) is -4.72. The van der Waals surface area contributed by atoms with Gasteiger partial charge in [0.25, 0.3) is 5.91 Å². The maximum Gasteiger partial charge on any atom is 0.274 e. The van der Waals surface area contributed by atoms with Crippen LogP contribution in [0, 0.1) is 23.4 Å². The molecule has 0 radical (unpaired) electrons. The zero-order valence-corrected chi connectivity index (χ0v) is 20.8. The Morgan fingerprint density at radius 2 is 1.87 bits per heavy atom. The van der Waals surface area contributed by atoms with Gasteiger partial charge in [-0.1, -0.05) is 6.92 Å². The molecule has 4 atom stereocenters. The molecule has 1 aromatic carbocycles. The Morgan fingerprint density at radius 1 is 1.16 bits per heavy atom. The van der Waals surface area contributed by atoms with E-state index in [-0.39, 0.29) is 42.9 Å². The molecule has 1 aliphatic rings. The molecule has 1 amide bonds. The van der Waals surface area contributed by atoms with E-state index in [1.807, 2.05) is 6.92 Å². The second-order valence-electron chi connectivity index (χ2n) is 9.59. The number of nitrogens with one attached hydrogen (secondary N) is 1. The van der Waals surface area contributed by atoms with Crippen LogP contribution in [0.15, 0.2) is 42.7 Å². The van der Waals surface area contributed by atoms with Crippen LogP contribution in [0.1, 0.15) is 48.7 Å². The Kier molecular flexibility index (Phi) is 8.00. The van der Waals surface area contributed by atoms with Crippen molar-refractivity contribution in [2.75, 3.05) is 18.5 Å². The molecule has 1 fully saturated rings. The van der Waals surface area contributed by atoms with Gasteiger partial charge in [0.2, 0.25) is 0 Å². The van der Waals surface area contributed by atoms with Gasteiger partial charge in [-0.3, -0.25) is 9.78 Å². The van der Waals surface area contributed by atoms with E-state index in [9.17, 15) is 28.2 Å². The van der Waals surface area contributed by atoms with E-state index in [4.69, 9.17) is 9.84 Å². The second kappa shape index (κ2) is 11.1. The highest BCUT2D eigenvalue weighted by Gasteiger charge is 2.43. The minimum absolute atomic E-state index is 0.186. The van der Waals surface area contributed by atoms with Crippen LogP contribution in [0.3, 0.4) is 0 Å². The summed E-state index contributed by atoms with van der Waals surface area (Å²) in [5.41, 5.74) is -1.98. The zero-order chi connectivity index (χ0) is 27.6. The number of hydrogen-bond acceptors (Lipinski definition) is 7. The fourth-order valence-corrected chi connectivity index (χ4v) is 4.67. The molecular formula is C27H28F3N3O5. The van der Waals surface area contributed by atoms with Gasteiger partial charge in [-0.15, -0.1) is 0 Å². The number of rotatable bonds is 7. The zero-order valence-electron chi connectivity index (χ0n) is 20.8. The van der Waals surface area contributed by atoms with E-state index in [1.54, 1.807) is 19.2 Å². The molecule has 202 valence electrons. The van der Waals surface area contributed by atoms with Gasteiger partial charge in [0, 0.05) is 18.3 Å². The summed E-state index contributed by atoms with van der Waals surface area (Å²) in [7, 11) is 0. The van der Waals surface area contributed by atoms with E-state index in [0.29, 0.717) is 17.7 Å². The lowest BCUT2D eigenvalue weighted by Crippen LogP contribution is -2.49. The Bertz CT molecular complexity index is 1300. The third kappa shape index (κ3) is 5.50. The van der Waals surface area contributed by atoms with Crippen molar-refractivity contribution >= 4 is 11.6 Å². The topological polar surface area (TPSA) is 125 Å². The molecule has 0 bridgehead atoms. The molecule has 38 heavy (non-hydrogen) atoms. The van der Waals surface area contributed by atoms with Crippen LogP contribution in [-0.2, 0) is 0 Å². The van der Waals surface area contributed by atoms with Crippen molar-refractivity contribution in [3.8, 4) is 17.0 Å². The molecule has 0 unspecified atom stereocenters. The molecular weight excluding hydrogens is 503 g/mol. The predicted octanol–water partition coefficient (Wildman–Crippen LogP) is 3.81. The van der Waals surface area contributed by atoms with Gasteiger partial charge < -0.3 is 25.4 Å². The van der Waals surface area contributed by atoms with Crippen LogP contribution < -0.4 is 10.1 Å². The molecule has 2 heterocycles. The molecule has 0 aliphatic heterocycles. The van der Waals surface area contributed by atoms with Crippen molar-refractivity contribution in [1.82, 2.24) is 9.97 Å². The largest absolute Gasteiger partial charge is 0.491 e. The Morgan fingerprint density at radius 3 is 2.53 bits per heavy atom. The molecule has 2 aromatic heterocycles. The average Bonchev–Trinajstić information content (AvgIpc) is 2.87. The third-order valence-electron chi connectivity index (χ3n) is 7.05. The summed E-state index contributed by atoms with van der Waals surface area (Å²) < 4.78 is 49.1. The number of aliphatic hydroxyl groups excluding tert-OH is 2. The predicted molar refractivity (Wildman–Crippen MR) is 132 cm³/mol. The first-order chi connectivity index (χ1) is 18.0. The number of halogens is 3. The smallest absolute Gasteiger partial charge is 0.274 e. The summed E-state index contributed by atoms with van der Waals surface area (Å²) in [4.78, 5) is 21.0. The summed E-state index contributed by atoms with van der Waals surface area (Å²) in [5, 5.41) is 32.5. The number of amides is 1. The highest BCUT2D eigenvalue weighted by Crippen LogP contribution is 2.43. The van der Waals surface area contributed by atoms with Crippen molar-refractivity contribution in [3.63, 3.8) is 0 Å². The Labute approximate surface area is 217 Å². The molecule has 4 N–H and O–H groups in total. The first-order valence-corrected chi connectivity index (χ1v) is 12.1. The number of carbonyl (C=O) groups is 1. The molecule has 11 heteroatoms. The van der Waals surface area contributed by atoms with Gasteiger partial charge in [-0.2, -0.15) is 0 Å². The Balaban J connectivity index is 1.61. The van der Waals surface area contributed by atoms with Gasteiger partial charge in [-0.25, -0.2) is 18.2 Å². The molecule has 1 saturated carbocycles. The first-order valence-electron chi connectivity index (χ1n) is 12.1. The molecule has 3 aromatic rings. The lowest BCUT2D eigenvalue weighted by atomic mass is 9.69. The number of anilines is 1. The summed E-state index contributed by atoms with van der Waals surface area (Å²) in [6.07, 6.45) is 2.81. The normalized spacial score (nSPS) is 23.2. The van der Waals surface area contributed by atoms with E-state index in [2.05, 4.69) is 15.3 Å². The summed E-state index contributed by atoms with van der Waals surface area (Å²) in [6, 6.07) is 5.34. The standard InChI is InChI=1S/C27H28F3N3O5/c1-14-9-15(10-23(35)27(14,2)37)17-5-6-31-13-22(17)33-26(36)21-4-3-18(28)25(32-21)24-19(29)11-16(12-20(24)30)38-8-7-34/h3-6,11-15,23,34-35,37H,7-10H2,1-2H3,(H,33,36)/t14-,15+,23+,27+/m0/s1. The minimum atomic E-state index is -1.24. The highest BCUT2D eigenvalue weighted by molar-refractivity contribution is 6.03. The van der Waals surface area contributed by atoms with Crippen LogP contribution in [-0.4, -0.2) is 56.1 Å². The molecule has 0 saturated heterocycles. The fraction of sp³-hybridized carbons (Fsp3) is 0.370. The third-order valence-corrected chi connectivity index (χ3v) is 7.05. The minimum Gasteiger partial charge on any atom is -0.491 e. The van der Waals surface area contributed by atoms with Gasteiger partial charge in [0.15, 0.2) is 0 Å². The number of benzene rings is 1. The quantitative estimate of drug-likeness (QED) is 0.366. The van der Waals surface area contributed by atoms with E-state index in [0.717, 1.165) is 24.3 Å². The number of ether oxygens (including phenoxy) is 1. The number of nitrogens with zero attached hydrogens (tertiary/aromatic N) is 2. The van der Waals surface area contributed by atoms with Crippen LogP contribution in [0.2, 0.25) is 0 Å². The van der Waals surface area contributed by atoms with Crippen molar-refractivity contribution < 1.29 is 38.0 Å². The number of hydrogen-bond donors (Lipinski definition) is 4. The fourth-order valence-electron chi connectivity index (χ4n) is 4.67. The van der Waals surface area contributed by atoms with E-state index >= 15 is 0 Å². The lowest BCUT2D eigenvalue weighted by Gasteiger charge is -2.43. The maximum absolute atomic E-state index is 14.7. The molecule has 4 rings (SSSR count). The van der Waals surface area contributed by atoms with Gasteiger partial charge in [0.05, 0.1) is 35.8 Å². The number of pyridine rings is 2. The van der Waals surface area contributed by atoms with Gasteiger partial charge in [0.1, 0.15) is 41.2 Å². The van der Waals surface area contributed by atoms with Crippen LogP contribution in [0.4, 0.5) is 18.9 Å². The van der Waals surface area contributed by atoms with Crippen molar-refractivity contribution in [2.24, 2.45) is 5.92 Å². The molecule has 8 nitrogen and oxygen atoms in total. The average molecular weight is 532 g/mol. The molecule has 0 spiro atoms. The maximum atomic E-state index is 14.7. The van der Waals surface area contributed by atoms with Gasteiger partial charge in [-0.05, 0) is 55.4 Å². The van der Waals surface area contributed by atoms with Gasteiger partial charge >= 0.3 is 0 Å². The summed E-state index contributed by atoms with van der Waals surface area (Å²) in [6.45, 7) is 2.88. The van der Waals surface area contributed by atoms with Crippen molar-refractivity contribution in [2.45, 2.75) is 44.3 Å². The van der Waals surface area contributed by atoms with E-state index < -0.39 is 46.3 Å². The monoisotopic (exact) mass is 531 g/mol. The summed E-state index contributed by atoms with van der Waals surface area (Å²) >= 11 is 0. The van der Waals surface area contributed by atoms with Crippen LogP contribution >= 0.6 is 0 Å². The van der Waals surface area contributed by atoms with Crippen molar-refractivity contribution in [1.29, 1.82) is 0 Å².